The number of allylic oxidation sites excluding steroid dienone is 1. The zero-order chi connectivity index (χ0) is 16.9. The van der Waals surface area contributed by atoms with Crippen molar-refractivity contribution in [2.75, 3.05) is 19.7 Å². The molecule has 1 heterocycles. The maximum absolute atomic E-state index is 12.1. The summed E-state index contributed by atoms with van der Waals surface area (Å²) >= 11 is 0. The second-order valence-corrected chi connectivity index (χ2v) is 6.38. The van der Waals surface area contributed by atoms with Gasteiger partial charge in [0.2, 0.25) is 5.91 Å². The number of carbonyl (C=O) groups is 2. The average molecular weight is 323 g/mol. The Kier molecular flexibility index (Phi) is 10.4. The third-order valence-corrected chi connectivity index (χ3v) is 4.42. The Morgan fingerprint density at radius 1 is 1.09 bits per heavy atom. The number of amides is 1. The van der Waals surface area contributed by atoms with Gasteiger partial charge < -0.3 is 9.64 Å². The van der Waals surface area contributed by atoms with E-state index in [1.165, 1.54) is 32.1 Å². The maximum Gasteiger partial charge on any atom is 0.306 e. The smallest absolute Gasteiger partial charge is 0.306 e. The summed E-state index contributed by atoms with van der Waals surface area (Å²) in [5.74, 6) is 0.369. The highest BCUT2D eigenvalue weighted by molar-refractivity contribution is 5.87. The van der Waals surface area contributed by atoms with Gasteiger partial charge in [-0.1, -0.05) is 38.7 Å². The van der Waals surface area contributed by atoms with Crippen molar-refractivity contribution >= 4 is 11.9 Å². The van der Waals surface area contributed by atoms with Gasteiger partial charge >= 0.3 is 5.97 Å². The van der Waals surface area contributed by atoms with Crippen molar-refractivity contribution in [2.24, 2.45) is 5.92 Å². The summed E-state index contributed by atoms with van der Waals surface area (Å²) in [6.45, 7) is 6.00. The molecule has 0 bridgehead atoms. The lowest BCUT2D eigenvalue weighted by Gasteiger charge is -2.30. The average Bonchev–Trinajstić information content (AvgIpc) is 2.54. The fraction of sp³-hybridized carbons (Fsp3) is 0.789. The molecule has 4 heteroatoms. The summed E-state index contributed by atoms with van der Waals surface area (Å²) in [6, 6.07) is 0. The van der Waals surface area contributed by atoms with Crippen molar-refractivity contribution in [1.29, 1.82) is 0 Å². The van der Waals surface area contributed by atoms with Crippen LogP contribution in [0.2, 0.25) is 0 Å². The minimum absolute atomic E-state index is 0.111. The van der Waals surface area contributed by atoms with E-state index in [9.17, 15) is 9.59 Å². The first-order valence-corrected chi connectivity index (χ1v) is 9.28. The van der Waals surface area contributed by atoms with E-state index < -0.39 is 0 Å². The summed E-state index contributed by atoms with van der Waals surface area (Å²) in [4.78, 5) is 25.5. The van der Waals surface area contributed by atoms with E-state index in [1.807, 2.05) is 17.9 Å². The molecule has 0 aromatic rings. The van der Waals surface area contributed by atoms with Gasteiger partial charge in [0.05, 0.1) is 6.61 Å². The van der Waals surface area contributed by atoms with Crippen LogP contribution in [0.1, 0.15) is 71.6 Å². The van der Waals surface area contributed by atoms with Gasteiger partial charge in [-0.15, -0.1) is 0 Å². The molecule has 4 nitrogen and oxygen atoms in total. The fourth-order valence-corrected chi connectivity index (χ4v) is 2.97. The van der Waals surface area contributed by atoms with Crippen LogP contribution in [0.25, 0.3) is 0 Å². The van der Waals surface area contributed by atoms with Crippen molar-refractivity contribution < 1.29 is 14.3 Å². The number of likely N-dealkylation sites (tertiary alicyclic amines) is 1. The van der Waals surface area contributed by atoms with Gasteiger partial charge in [-0.3, -0.25) is 9.59 Å². The van der Waals surface area contributed by atoms with Crippen LogP contribution in [0.4, 0.5) is 0 Å². The van der Waals surface area contributed by atoms with Gasteiger partial charge in [0.25, 0.3) is 0 Å². The summed E-state index contributed by atoms with van der Waals surface area (Å²) in [5, 5.41) is 0. The summed E-state index contributed by atoms with van der Waals surface area (Å²) in [7, 11) is 0. The second-order valence-electron chi connectivity index (χ2n) is 6.38. The Hall–Kier alpha value is -1.32. The van der Waals surface area contributed by atoms with E-state index in [0.717, 1.165) is 32.4 Å². The first kappa shape index (κ1) is 19.7. The Labute approximate surface area is 141 Å². The number of hydrogen-bond acceptors (Lipinski definition) is 3. The monoisotopic (exact) mass is 323 g/mol. The highest BCUT2D eigenvalue weighted by Crippen LogP contribution is 2.21. The molecule has 1 saturated heterocycles. The van der Waals surface area contributed by atoms with E-state index in [0.29, 0.717) is 18.9 Å². The Bertz CT molecular complexity index is 371. The standard InChI is InChI=1S/C19H33NO3/c1-3-5-6-7-8-9-10-11-18(21)20-14-12-17(13-15-20)16-19(22)23-4-2/h10-11,17H,3-9,12-16H2,1-2H3. The molecular weight excluding hydrogens is 290 g/mol. The third kappa shape index (κ3) is 8.77. The van der Waals surface area contributed by atoms with Gasteiger partial charge in [0.15, 0.2) is 0 Å². The maximum atomic E-state index is 12.1. The highest BCUT2D eigenvalue weighted by Gasteiger charge is 2.23. The quantitative estimate of drug-likeness (QED) is 0.345. The lowest BCUT2D eigenvalue weighted by atomic mass is 9.93. The minimum atomic E-state index is -0.111. The number of esters is 1. The van der Waals surface area contributed by atoms with Crippen molar-refractivity contribution in [3.8, 4) is 0 Å². The predicted octanol–water partition coefficient (Wildman–Crippen LogP) is 4.09. The molecule has 1 rings (SSSR count). The molecule has 0 saturated carbocycles. The number of unbranched alkanes of at least 4 members (excludes halogenated alkanes) is 5. The van der Waals surface area contributed by atoms with Gasteiger partial charge in [-0.05, 0) is 44.6 Å². The molecule has 0 spiro atoms. The predicted molar refractivity (Wildman–Crippen MR) is 93.1 cm³/mol. The molecule has 0 aromatic heterocycles. The molecule has 0 aliphatic carbocycles. The highest BCUT2D eigenvalue weighted by atomic mass is 16.5. The minimum Gasteiger partial charge on any atom is -0.466 e. The molecule has 1 aliphatic heterocycles. The number of carbonyl (C=O) groups excluding carboxylic acids is 2. The topological polar surface area (TPSA) is 46.6 Å². The number of hydrogen-bond donors (Lipinski definition) is 0. The molecule has 0 radical (unpaired) electrons. The van der Waals surface area contributed by atoms with Crippen LogP contribution in [-0.2, 0) is 14.3 Å². The fourth-order valence-electron chi connectivity index (χ4n) is 2.97. The normalized spacial score (nSPS) is 16.0. The van der Waals surface area contributed by atoms with Crippen LogP contribution in [0.15, 0.2) is 12.2 Å². The molecule has 23 heavy (non-hydrogen) atoms. The Balaban J connectivity index is 2.15. The van der Waals surface area contributed by atoms with E-state index >= 15 is 0 Å². The van der Waals surface area contributed by atoms with Crippen LogP contribution in [0, 0.1) is 5.92 Å². The summed E-state index contributed by atoms with van der Waals surface area (Å²) in [5.41, 5.74) is 0. The number of ether oxygens (including phenoxy) is 1. The Morgan fingerprint density at radius 3 is 2.43 bits per heavy atom. The SMILES string of the molecule is CCCCCCCC=CC(=O)N1CCC(CC(=O)OCC)CC1. The summed E-state index contributed by atoms with van der Waals surface area (Å²) < 4.78 is 4.99. The lowest BCUT2D eigenvalue weighted by molar-refractivity contribution is -0.144. The van der Waals surface area contributed by atoms with Crippen molar-refractivity contribution in [3.05, 3.63) is 12.2 Å². The van der Waals surface area contributed by atoms with Crippen molar-refractivity contribution in [2.45, 2.75) is 71.6 Å². The first-order valence-electron chi connectivity index (χ1n) is 9.28. The lowest BCUT2D eigenvalue weighted by Crippen LogP contribution is -2.38. The van der Waals surface area contributed by atoms with Gasteiger partial charge in [-0.25, -0.2) is 0 Å². The number of nitrogens with zero attached hydrogens (tertiary/aromatic N) is 1. The van der Waals surface area contributed by atoms with Crippen LogP contribution < -0.4 is 0 Å². The molecule has 1 fully saturated rings. The van der Waals surface area contributed by atoms with Crippen LogP contribution in [0.5, 0.6) is 0 Å². The molecule has 1 aliphatic rings. The molecule has 1 amide bonds. The molecule has 132 valence electrons. The second kappa shape index (κ2) is 12.1. The summed E-state index contributed by atoms with van der Waals surface area (Å²) in [6.07, 6.45) is 13.3. The zero-order valence-electron chi connectivity index (χ0n) is 14.9. The zero-order valence-corrected chi connectivity index (χ0v) is 14.9. The van der Waals surface area contributed by atoms with E-state index in [1.54, 1.807) is 6.08 Å². The molecule has 0 N–H and O–H groups in total. The third-order valence-electron chi connectivity index (χ3n) is 4.42. The molecular formula is C19H33NO3. The van der Waals surface area contributed by atoms with Crippen LogP contribution >= 0.6 is 0 Å². The first-order chi connectivity index (χ1) is 11.2. The van der Waals surface area contributed by atoms with E-state index in [2.05, 4.69) is 6.92 Å². The number of rotatable bonds is 10. The van der Waals surface area contributed by atoms with Gasteiger partial charge in [-0.2, -0.15) is 0 Å². The molecule has 0 atom stereocenters. The van der Waals surface area contributed by atoms with E-state index in [-0.39, 0.29) is 11.9 Å². The van der Waals surface area contributed by atoms with E-state index in [4.69, 9.17) is 4.74 Å². The number of piperidine rings is 1. The van der Waals surface area contributed by atoms with Gasteiger partial charge in [0, 0.05) is 19.5 Å². The van der Waals surface area contributed by atoms with Gasteiger partial charge in [0.1, 0.15) is 0 Å². The molecule has 0 aromatic carbocycles. The Morgan fingerprint density at radius 2 is 1.78 bits per heavy atom. The molecule has 0 unspecified atom stereocenters. The van der Waals surface area contributed by atoms with Crippen LogP contribution in [0.3, 0.4) is 0 Å². The largest absolute Gasteiger partial charge is 0.466 e. The van der Waals surface area contributed by atoms with Crippen molar-refractivity contribution in [3.63, 3.8) is 0 Å². The van der Waals surface area contributed by atoms with Crippen molar-refractivity contribution in [1.82, 2.24) is 4.90 Å². The van der Waals surface area contributed by atoms with Crippen LogP contribution in [-0.4, -0.2) is 36.5 Å².